The van der Waals surface area contributed by atoms with Crippen LogP contribution in [0.3, 0.4) is 0 Å². The highest BCUT2D eigenvalue weighted by molar-refractivity contribution is 6.32. The van der Waals surface area contributed by atoms with Crippen molar-refractivity contribution in [1.29, 1.82) is 5.26 Å². The molecule has 1 saturated heterocycles. The zero-order valence-corrected chi connectivity index (χ0v) is 26.6. The molecule has 0 unspecified atom stereocenters. The van der Waals surface area contributed by atoms with E-state index < -0.39 is 0 Å². The van der Waals surface area contributed by atoms with E-state index in [0.29, 0.717) is 60.3 Å². The lowest BCUT2D eigenvalue weighted by atomic mass is 9.90. The van der Waals surface area contributed by atoms with Crippen molar-refractivity contribution >= 4 is 23.2 Å². The van der Waals surface area contributed by atoms with Gasteiger partial charge in [0, 0.05) is 43.5 Å². The number of halogens is 1. The van der Waals surface area contributed by atoms with Crippen LogP contribution in [0.5, 0.6) is 11.6 Å². The van der Waals surface area contributed by atoms with E-state index >= 15 is 0 Å². The molecule has 6 rings (SSSR count). The van der Waals surface area contributed by atoms with Crippen LogP contribution in [0, 0.1) is 11.3 Å². The third-order valence-electron chi connectivity index (χ3n) is 8.30. The molecule has 1 atom stereocenters. The maximum atomic E-state index is 8.94. The van der Waals surface area contributed by atoms with Crippen molar-refractivity contribution in [1.82, 2.24) is 44.9 Å². The Morgan fingerprint density at radius 2 is 1.89 bits per heavy atom. The van der Waals surface area contributed by atoms with Crippen LogP contribution < -0.4 is 14.8 Å². The van der Waals surface area contributed by atoms with Crippen LogP contribution in [0.4, 0.5) is 11.6 Å². The smallest absolute Gasteiger partial charge is 0.256 e. The summed E-state index contributed by atoms with van der Waals surface area (Å²) in [5, 5.41) is 28.7. The van der Waals surface area contributed by atoms with E-state index in [0.717, 1.165) is 63.1 Å². The van der Waals surface area contributed by atoms with Gasteiger partial charge < -0.3 is 19.5 Å². The molecule has 0 bridgehead atoms. The predicted molar refractivity (Wildman–Crippen MR) is 170 cm³/mol. The number of nitriles is 1. The maximum Gasteiger partial charge on any atom is 0.256 e. The topological polar surface area (TPSA) is 154 Å². The van der Waals surface area contributed by atoms with Crippen LogP contribution in [0.1, 0.15) is 51.5 Å². The number of nitrogens with one attached hydrogen (secondary N) is 1. The third-order valence-corrected chi connectivity index (χ3v) is 8.61. The average molecular weight is 648 g/mol. The van der Waals surface area contributed by atoms with E-state index in [9.17, 15) is 0 Å². The first-order valence-corrected chi connectivity index (χ1v) is 16.1. The van der Waals surface area contributed by atoms with Crippen molar-refractivity contribution in [3.05, 3.63) is 48.1 Å². The van der Waals surface area contributed by atoms with Crippen LogP contribution in [-0.2, 0) is 11.3 Å². The fraction of sp³-hybridized carbons (Fsp3) is 0.516. The molecule has 242 valence electrons. The van der Waals surface area contributed by atoms with E-state index in [4.69, 9.17) is 36.2 Å². The summed E-state index contributed by atoms with van der Waals surface area (Å²) in [6.07, 6.45) is 12.2. The lowest BCUT2D eigenvalue weighted by molar-refractivity contribution is 0.00503. The number of benzene rings is 1. The molecule has 1 aliphatic carbocycles. The van der Waals surface area contributed by atoms with Gasteiger partial charge in [-0.2, -0.15) is 5.26 Å². The zero-order valence-electron chi connectivity index (χ0n) is 25.8. The van der Waals surface area contributed by atoms with E-state index in [1.165, 1.54) is 6.33 Å². The van der Waals surface area contributed by atoms with E-state index in [2.05, 4.69) is 41.8 Å². The number of hydrogen-bond donors (Lipinski definition) is 1. The fourth-order valence-corrected chi connectivity index (χ4v) is 6.08. The molecular formula is C31H38ClN11O3. The van der Waals surface area contributed by atoms with Crippen LogP contribution in [0.2, 0.25) is 5.02 Å². The van der Waals surface area contributed by atoms with Gasteiger partial charge in [-0.15, -0.1) is 10.2 Å². The minimum absolute atomic E-state index is 0.212. The van der Waals surface area contributed by atoms with Gasteiger partial charge in [0.15, 0.2) is 0 Å². The zero-order chi connectivity index (χ0) is 31.7. The monoisotopic (exact) mass is 647 g/mol. The number of morpholine rings is 1. The molecule has 2 fully saturated rings. The Morgan fingerprint density at radius 1 is 1.11 bits per heavy atom. The van der Waals surface area contributed by atoms with Gasteiger partial charge in [0.25, 0.3) is 5.88 Å². The van der Waals surface area contributed by atoms with Gasteiger partial charge in [-0.3, -0.25) is 9.58 Å². The standard InChI is InChI=1S/C31H38ClN11O3/c1-22(19-42-21-36-39-40-42)46-29-16-23(4-9-27(29)32)24-17-34-31(35-18-24)37-28-20-43(38-30(28)45-13-3-2-10-33)26-7-5-25(6-8-26)41-11-14-44-15-12-41/h4,9,16-18,20-22,25-26H,2-3,5-8,11-15,19H2,1H3,(H,34,35,37)/t22-,25-,26-/m0/s1. The Hall–Kier alpha value is -4.32. The summed E-state index contributed by atoms with van der Waals surface area (Å²) in [6, 6.07) is 8.62. The Bertz CT molecular complexity index is 1580. The van der Waals surface area contributed by atoms with Gasteiger partial charge in [-0.05, 0) is 67.2 Å². The average Bonchev–Trinajstić information content (AvgIpc) is 3.75. The molecule has 3 aromatic heterocycles. The molecule has 46 heavy (non-hydrogen) atoms. The molecule has 1 aliphatic heterocycles. The van der Waals surface area contributed by atoms with Gasteiger partial charge in [0.05, 0.1) is 49.7 Å². The molecule has 15 heteroatoms. The molecule has 1 saturated carbocycles. The van der Waals surface area contributed by atoms with Gasteiger partial charge in [0.1, 0.15) is 23.9 Å². The number of aromatic nitrogens is 8. The van der Waals surface area contributed by atoms with Gasteiger partial charge in [0.2, 0.25) is 5.95 Å². The summed E-state index contributed by atoms with van der Waals surface area (Å²) in [5.41, 5.74) is 2.36. The summed E-state index contributed by atoms with van der Waals surface area (Å²) in [6.45, 7) is 6.48. The minimum atomic E-state index is -0.212. The van der Waals surface area contributed by atoms with Crippen LogP contribution in [0.15, 0.2) is 43.1 Å². The summed E-state index contributed by atoms with van der Waals surface area (Å²) in [5.74, 6) is 1.45. The fourth-order valence-electron chi connectivity index (χ4n) is 5.92. The highest BCUT2D eigenvalue weighted by Crippen LogP contribution is 2.35. The van der Waals surface area contributed by atoms with Crippen molar-refractivity contribution < 1.29 is 14.2 Å². The summed E-state index contributed by atoms with van der Waals surface area (Å²) in [7, 11) is 0. The molecule has 1 aromatic carbocycles. The predicted octanol–water partition coefficient (Wildman–Crippen LogP) is 4.69. The molecule has 2 aliphatic rings. The molecular weight excluding hydrogens is 610 g/mol. The first kappa shape index (κ1) is 31.7. The molecule has 4 aromatic rings. The maximum absolute atomic E-state index is 8.94. The van der Waals surface area contributed by atoms with Crippen LogP contribution in [0.25, 0.3) is 11.1 Å². The number of unbranched alkanes of at least 4 members (excludes halogenated alkanes) is 1. The number of rotatable bonds is 13. The Labute approximate surface area is 272 Å². The largest absolute Gasteiger partial charge is 0.487 e. The molecule has 14 nitrogen and oxygen atoms in total. The highest BCUT2D eigenvalue weighted by Gasteiger charge is 2.29. The normalized spacial score (nSPS) is 19.3. The quantitative estimate of drug-likeness (QED) is 0.200. The van der Waals surface area contributed by atoms with Gasteiger partial charge in [-0.1, -0.05) is 17.7 Å². The number of tetrazole rings is 1. The van der Waals surface area contributed by atoms with E-state index in [1.807, 2.05) is 29.9 Å². The number of anilines is 2. The Kier molecular flexibility index (Phi) is 10.5. The first-order valence-electron chi connectivity index (χ1n) is 15.7. The summed E-state index contributed by atoms with van der Waals surface area (Å²) >= 11 is 6.44. The Balaban J connectivity index is 1.12. The number of ether oxygens (including phenoxy) is 3. The van der Waals surface area contributed by atoms with Crippen molar-refractivity contribution in [2.45, 2.75) is 70.2 Å². The van der Waals surface area contributed by atoms with Gasteiger partial charge >= 0.3 is 0 Å². The van der Waals surface area contributed by atoms with Crippen molar-refractivity contribution in [2.24, 2.45) is 0 Å². The molecule has 0 amide bonds. The van der Waals surface area contributed by atoms with Crippen LogP contribution in [-0.4, -0.2) is 89.9 Å². The summed E-state index contributed by atoms with van der Waals surface area (Å²) in [4.78, 5) is 11.7. The second-order valence-corrected chi connectivity index (χ2v) is 12.0. The van der Waals surface area contributed by atoms with E-state index in [1.54, 1.807) is 23.1 Å². The summed E-state index contributed by atoms with van der Waals surface area (Å²) < 4.78 is 21.3. The lowest BCUT2D eigenvalue weighted by Gasteiger charge is -2.38. The van der Waals surface area contributed by atoms with Crippen molar-refractivity contribution in [3.63, 3.8) is 0 Å². The van der Waals surface area contributed by atoms with Gasteiger partial charge in [-0.25, -0.2) is 14.6 Å². The number of nitrogens with zero attached hydrogens (tertiary/aromatic N) is 10. The Morgan fingerprint density at radius 3 is 2.63 bits per heavy atom. The van der Waals surface area contributed by atoms with Crippen molar-refractivity contribution in [2.75, 3.05) is 38.2 Å². The second kappa shape index (κ2) is 15.3. The molecule has 0 spiro atoms. The minimum Gasteiger partial charge on any atom is -0.487 e. The highest BCUT2D eigenvalue weighted by atomic mass is 35.5. The second-order valence-electron chi connectivity index (χ2n) is 11.6. The lowest BCUT2D eigenvalue weighted by Crippen LogP contribution is -2.45. The van der Waals surface area contributed by atoms with Crippen LogP contribution >= 0.6 is 11.6 Å². The molecule has 0 radical (unpaired) electrons. The van der Waals surface area contributed by atoms with Crippen molar-refractivity contribution in [3.8, 4) is 28.8 Å². The third kappa shape index (κ3) is 8.09. The SMILES string of the molecule is C[C@@H](Cn1cnnn1)Oc1cc(-c2cnc(Nc3cn([C@H]4CC[C@H](N5CCOCC5)CC4)nc3OCCCC#N)nc2)ccc1Cl. The number of hydrogen-bond acceptors (Lipinski definition) is 12. The molecule has 4 heterocycles. The first-order chi connectivity index (χ1) is 22.6. The molecule has 1 N–H and O–H groups in total. The van der Waals surface area contributed by atoms with E-state index in [-0.39, 0.29) is 12.1 Å².